The number of benzene rings is 2. The summed E-state index contributed by atoms with van der Waals surface area (Å²) in [6.07, 6.45) is -3.65. The number of halogens is 4. The first-order valence-electron chi connectivity index (χ1n) is 8.23. The number of phenols is 1. The minimum atomic E-state index is -4.82. The number of carbonyl (C=O) groups excluding carboxylic acids is 1. The van der Waals surface area contributed by atoms with Crippen molar-refractivity contribution in [2.24, 2.45) is 5.10 Å². The van der Waals surface area contributed by atoms with Crippen LogP contribution < -0.4 is 10.2 Å². The third-order valence-corrected chi connectivity index (χ3v) is 5.13. The Bertz CT molecular complexity index is 1100. The van der Waals surface area contributed by atoms with Crippen LogP contribution in [0.15, 0.2) is 47.6 Å². The minimum Gasteiger partial charge on any atom is -0.504 e. The van der Waals surface area contributed by atoms with Crippen LogP contribution in [0, 0.1) is 0 Å². The molecule has 0 unspecified atom stereocenters. The Balaban J connectivity index is 1.84. The lowest BCUT2D eigenvalue weighted by atomic mass is 10.2. The van der Waals surface area contributed by atoms with Crippen molar-refractivity contribution in [2.75, 3.05) is 7.11 Å². The van der Waals surface area contributed by atoms with Crippen LogP contribution >= 0.6 is 22.9 Å². The first-order valence-corrected chi connectivity index (χ1v) is 9.43. The van der Waals surface area contributed by atoms with Gasteiger partial charge < -0.3 is 9.84 Å². The number of nitrogens with one attached hydrogen (secondary N) is 1. The lowest BCUT2D eigenvalue weighted by Crippen LogP contribution is -2.21. The number of hydrogen-bond donors (Lipinski definition) is 2. The molecule has 0 aliphatic rings. The van der Waals surface area contributed by atoms with Crippen molar-refractivity contribution >= 4 is 35.1 Å². The predicted octanol–water partition coefficient (Wildman–Crippen LogP) is 4.96. The molecular weight excluding hydrogens is 443 g/mol. The molecule has 11 heteroatoms. The van der Waals surface area contributed by atoms with Crippen LogP contribution in [0.1, 0.15) is 20.9 Å². The minimum absolute atomic E-state index is 0.0215. The number of carbonyl (C=O) groups is 1. The highest BCUT2D eigenvalue weighted by Gasteiger charge is 2.39. The molecule has 1 heterocycles. The maximum Gasteiger partial charge on any atom is 0.435 e. The topological polar surface area (TPSA) is 83.8 Å². The molecule has 0 aliphatic carbocycles. The zero-order valence-corrected chi connectivity index (χ0v) is 16.8. The van der Waals surface area contributed by atoms with Gasteiger partial charge in [0, 0.05) is 10.6 Å². The van der Waals surface area contributed by atoms with E-state index in [1.807, 2.05) is 5.43 Å². The second-order valence-corrected chi connectivity index (χ2v) is 7.27. The number of nitrogens with zero attached hydrogens (tertiary/aromatic N) is 2. The first-order chi connectivity index (χ1) is 14.2. The van der Waals surface area contributed by atoms with E-state index in [9.17, 15) is 23.1 Å². The standard InChI is InChI=1S/C19H13ClF3N3O3S/c1-29-14-7-2-10(8-13(14)27)9-24-26-17(28)15-16(19(21,22)23)25-18(30-15)11-3-5-12(20)6-4-11/h2-9,27H,1H3,(H,26,28)/b24-9+. The molecule has 0 saturated carbocycles. The van der Waals surface area contributed by atoms with E-state index in [0.29, 0.717) is 27.5 Å². The van der Waals surface area contributed by atoms with E-state index in [1.165, 1.54) is 49.7 Å². The van der Waals surface area contributed by atoms with Crippen molar-refractivity contribution in [3.8, 4) is 22.1 Å². The molecule has 0 fully saturated rings. The fourth-order valence-corrected chi connectivity index (χ4v) is 3.49. The number of amides is 1. The summed E-state index contributed by atoms with van der Waals surface area (Å²) in [6.45, 7) is 0. The summed E-state index contributed by atoms with van der Waals surface area (Å²) < 4.78 is 45.0. The van der Waals surface area contributed by atoms with Gasteiger partial charge in [0.25, 0.3) is 5.91 Å². The number of ether oxygens (including phenoxy) is 1. The highest BCUT2D eigenvalue weighted by atomic mass is 35.5. The van der Waals surface area contributed by atoms with E-state index in [0.717, 1.165) is 0 Å². The Labute approximate surface area is 177 Å². The third-order valence-electron chi connectivity index (χ3n) is 3.78. The van der Waals surface area contributed by atoms with Crippen molar-refractivity contribution in [1.29, 1.82) is 0 Å². The molecule has 0 aliphatic heterocycles. The summed E-state index contributed by atoms with van der Waals surface area (Å²) in [7, 11) is 1.38. The summed E-state index contributed by atoms with van der Waals surface area (Å²) in [5.41, 5.74) is 1.54. The molecule has 1 amide bonds. The second-order valence-electron chi connectivity index (χ2n) is 5.83. The molecule has 0 saturated heterocycles. The Kier molecular flexibility index (Phi) is 6.28. The van der Waals surface area contributed by atoms with Crippen molar-refractivity contribution in [1.82, 2.24) is 10.4 Å². The molecule has 0 spiro atoms. The highest BCUT2D eigenvalue weighted by molar-refractivity contribution is 7.17. The maximum atomic E-state index is 13.4. The molecule has 2 N–H and O–H groups in total. The Morgan fingerprint density at radius 1 is 1.27 bits per heavy atom. The number of phenolic OH excluding ortho intramolecular Hbond substituents is 1. The summed E-state index contributed by atoms with van der Waals surface area (Å²) in [4.78, 5) is 15.3. The number of rotatable bonds is 5. The van der Waals surface area contributed by atoms with Gasteiger partial charge >= 0.3 is 6.18 Å². The number of aromatic nitrogens is 1. The van der Waals surface area contributed by atoms with Crippen LogP contribution in [-0.4, -0.2) is 29.3 Å². The van der Waals surface area contributed by atoms with Crippen molar-refractivity contribution in [3.63, 3.8) is 0 Å². The summed E-state index contributed by atoms with van der Waals surface area (Å²) in [6, 6.07) is 10.4. The Morgan fingerprint density at radius 2 is 1.97 bits per heavy atom. The van der Waals surface area contributed by atoms with Crippen molar-refractivity contribution < 1.29 is 27.8 Å². The van der Waals surface area contributed by atoms with Gasteiger partial charge in [0.1, 0.15) is 9.88 Å². The van der Waals surface area contributed by atoms with Gasteiger partial charge in [0.15, 0.2) is 17.2 Å². The molecule has 30 heavy (non-hydrogen) atoms. The number of hydrogen-bond acceptors (Lipinski definition) is 6. The normalized spacial score (nSPS) is 11.6. The largest absolute Gasteiger partial charge is 0.504 e. The molecule has 3 aromatic rings. The quantitative estimate of drug-likeness (QED) is 0.420. The fraction of sp³-hybridized carbons (Fsp3) is 0.105. The van der Waals surface area contributed by atoms with Crippen molar-refractivity contribution in [2.45, 2.75) is 6.18 Å². The number of thiazole rings is 1. The summed E-state index contributed by atoms with van der Waals surface area (Å²) in [5, 5.41) is 13.8. The van der Waals surface area contributed by atoms with E-state index >= 15 is 0 Å². The zero-order valence-electron chi connectivity index (χ0n) is 15.2. The summed E-state index contributed by atoms with van der Waals surface area (Å²) >= 11 is 6.38. The van der Waals surface area contributed by atoms with Gasteiger partial charge in [-0.25, -0.2) is 10.4 Å². The van der Waals surface area contributed by atoms with Crippen LogP contribution in [0.4, 0.5) is 13.2 Å². The zero-order chi connectivity index (χ0) is 21.9. The molecule has 0 bridgehead atoms. The van der Waals surface area contributed by atoms with Gasteiger partial charge in [-0.15, -0.1) is 11.3 Å². The molecular formula is C19H13ClF3N3O3S. The van der Waals surface area contributed by atoms with E-state index in [2.05, 4.69) is 10.1 Å². The van der Waals surface area contributed by atoms with Crippen LogP contribution in [0.3, 0.4) is 0 Å². The molecule has 6 nitrogen and oxygen atoms in total. The molecule has 3 rings (SSSR count). The van der Waals surface area contributed by atoms with E-state index in [4.69, 9.17) is 16.3 Å². The van der Waals surface area contributed by atoms with E-state index in [1.54, 1.807) is 6.07 Å². The summed E-state index contributed by atoms with van der Waals surface area (Å²) in [5.74, 6) is -0.971. The Morgan fingerprint density at radius 3 is 2.57 bits per heavy atom. The van der Waals surface area contributed by atoms with Crippen LogP contribution in [0.2, 0.25) is 5.02 Å². The SMILES string of the molecule is COc1ccc(/C=N/NC(=O)c2sc(-c3ccc(Cl)cc3)nc2C(F)(F)F)cc1O. The number of aromatic hydroxyl groups is 1. The molecule has 0 radical (unpaired) electrons. The van der Waals surface area contributed by atoms with Gasteiger partial charge in [-0.05, 0) is 35.9 Å². The third kappa shape index (κ3) is 4.89. The molecule has 156 valence electrons. The Hall–Kier alpha value is -3.11. The van der Waals surface area contributed by atoms with Crippen LogP contribution in [0.25, 0.3) is 10.6 Å². The number of hydrazone groups is 1. The smallest absolute Gasteiger partial charge is 0.435 e. The van der Waals surface area contributed by atoms with Gasteiger partial charge in [-0.1, -0.05) is 23.7 Å². The van der Waals surface area contributed by atoms with Crippen molar-refractivity contribution in [3.05, 3.63) is 63.6 Å². The van der Waals surface area contributed by atoms with Gasteiger partial charge in [-0.2, -0.15) is 18.3 Å². The lowest BCUT2D eigenvalue weighted by Gasteiger charge is -2.05. The second kappa shape index (κ2) is 8.72. The monoisotopic (exact) mass is 455 g/mol. The fourth-order valence-electron chi connectivity index (χ4n) is 2.39. The average Bonchev–Trinajstić information content (AvgIpc) is 3.15. The number of methoxy groups -OCH3 is 1. The lowest BCUT2D eigenvalue weighted by molar-refractivity contribution is -0.141. The van der Waals surface area contributed by atoms with E-state index in [-0.39, 0.29) is 16.5 Å². The molecule has 2 aromatic carbocycles. The van der Waals surface area contributed by atoms with Crippen LogP contribution in [0.5, 0.6) is 11.5 Å². The first kappa shape index (κ1) is 21.6. The predicted molar refractivity (Wildman–Crippen MR) is 107 cm³/mol. The van der Waals surface area contributed by atoms with Crippen LogP contribution in [-0.2, 0) is 6.18 Å². The number of alkyl halides is 3. The average molecular weight is 456 g/mol. The van der Waals surface area contributed by atoms with Gasteiger partial charge in [-0.3, -0.25) is 4.79 Å². The van der Waals surface area contributed by atoms with Gasteiger partial charge in [0.2, 0.25) is 0 Å². The van der Waals surface area contributed by atoms with E-state index < -0.39 is 22.7 Å². The highest BCUT2D eigenvalue weighted by Crippen LogP contribution is 2.38. The van der Waals surface area contributed by atoms with Gasteiger partial charge in [0.05, 0.1) is 13.3 Å². The maximum absolute atomic E-state index is 13.4. The molecule has 1 aromatic heterocycles. The molecule has 0 atom stereocenters.